The maximum absolute atomic E-state index is 10.4. The average Bonchev–Trinajstić information content (AvgIpc) is 2.20. The minimum Gasteiger partial charge on any atom is -0.392 e. The molecule has 0 radical (unpaired) electrons. The lowest BCUT2D eigenvalue weighted by Crippen LogP contribution is -2.08. The van der Waals surface area contributed by atoms with Crippen molar-refractivity contribution in [1.82, 2.24) is 0 Å². The molecule has 0 fully saturated rings. The highest BCUT2D eigenvalue weighted by molar-refractivity contribution is 6.31. The zero-order valence-corrected chi connectivity index (χ0v) is 8.71. The Morgan fingerprint density at radius 3 is 2.87 bits per heavy atom. The minimum absolute atomic E-state index is 0.000316. The summed E-state index contributed by atoms with van der Waals surface area (Å²) in [7, 11) is 0. The van der Waals surface area contributed by atoms with Crippen molar-refractivity contribution < 1.29 is 9.90 Å². The number of nitrogens with two attached hydrogens (primary N) is 1. The number of hydrogen-bond donors (Lipinski definition) is 2. The number of hydrogen-bond acceptors (Lipinski definition) is 2. The van der Waals surface area contributed by atoms with Crippen LogP contribution in [-0.4, -0.2) is 11.0 Å². The highest BCUT2D eigenvalue weighted by Gasteiger charge is 1.98. The van der Waals surface area contributed by atoms with Crippen LogP contribution >= 0.6 is 11.6 Å². The van der Waals surface area contributed by atoms with Crippen molar-refractivity contribution in [3.63, 3.8) is 0 Å². The van der Waals surface area contributed by atoms with E-state index >= 15 is 0 Å². The SMILES string of the molecule is NC(=O)CC#Cc1cc(CO)ccc1Cl. The number of benzene rings is 1. The second-order valence-electron chi connectivity index (χ2n) is 2.92. The van der Waals surface area contributed by atoms with E-state index in [0.29, 0.717) is 10.6 Å². The van der Waals surface area contributed by atoms with Crippen molar-refractivity contribution in [2.45, 2.75) is 13.0 Å². The van der Waals surface area contributed by atoms with E-state index in [4.69, 9.17) is 22.4 Å². The summed E-state index contributed by atoms with van der Waals surface area (Å²) in [6, 6.07) is 5.04. The standard InChI is InChI=1S/C11H10ClNO2/c12-10-5-4-8(7-14)6-9(10)2-1-3-11(13)15/h4-6,14H,3,7H2,(H2,13,15). The summed E-state index contributed by atoms with van der Waals surface area (Å²) in [6.45, 7) is -0.0678. The Morgan fingerprint density at radius 2 is 2.27 bits per heavy atom. The largest absolute Gasteiger partial charge is 0.392 e. The summed E-state index contributed by atoms with van der Waals surface area (Å²) in [5.41, 5.74) is 6.25. The van der Waals surface area contributed by atoms with Crippen LogP contribution in [0.2, 0.25) is 5.02 Å². The van der Waals surface area contributed by atoms with Gasteiger partial charge in [-0.2, -0.15) is 0 Å². The Kier molecular flexibility index (Phi) is 4.17. The molecule has 4 heteroatoms. The molecule has 1 aromatic rings. The van der Waals surface area contributed by atoms with Crippen LogP contribution in [0.4, 0.5) is 0 Å². The molecule has 0 aliphatic carbocycles. The molecule has 0 heterocycles. The van der Waals surface area contributed by atoms with Crippen LogP contribution in [0.25, 0.3) is 0 Å². The number of carbonyl (C=O) groups excluding carboxylic acids is 1. The average molecular weight is 224 g/mol. The Labute approximate surface area is 92.9 Å². The fourth-order valence-corrected chi connectivity index (χ4v) is 1.16. The number of carbonyl (C=O) groups is 1. The smallest absolute Gasteiger partial charge is 0.229 e. The van der Waals surface area contributed by atoms with Gasteiger partial charge < -0.3 is 10.8 Å². The van der Waals surface area contributed by atoms with E-state index in [9.17, 15) is 4.79 Å². The summed E-state index contributed by atoms with van der Waals surface area (Å²) in [4.78, 5) is 10.4. The zero-order chi connectivity index (χ0) is 11.3. The van der Waals surface area contributed by atoms with E-state index in [1.807, 2.05) is 0 Å². The predicted octanol–water partition coefficient (Wildman–Crippen LogP) is 1.06. The molecule has 0 bridgehead atoms. The fraction of sp³-hybridized carbons (Fsp3) is 0.182. The molecule has 0 aliphatic heterocycles. The van der Waals surface area contributed by atoms with Gasteiger partial charge in [0.15, 0.2) is 0 Å². The molecule has 1 amide bonds. The van der Waals surface area contributed by atoms with Crippen LogP contribution in [0.5, 0.6) is 0 Å². The van der Waals surface area contributed by atoms with Crippen molar-refractivity contribution in [2.24, 2.45) is 5.73 Å². The van der Waals surface area contributed by atoms with Crippen LogP contribution < -0.4 is 5.73 Å². The van der Waals surface area contributed by atoms with Crippen LogP contribution in [0.3, 0.4) is 0 Å². The van der Waals surface area contributed by atoms with Crippen molar-refractivity contribution >= 4 is 17.5 Å². The molecule has 0 saturated carbocycles. The number of aliphatic hydroxyl groups is 1. The monoisotopic (exact) mass is 223 g/mol. The van der Waals surface area contributed by atoms with Gasteiger partial charge in [0, 0.05) is 5.56 Å². The van der Waals surface area contributed by atoms with Gasteiger partial charge in [-0.05, 0) is 17.7 Å². The van der Waals surface area contributed by atoms with Gasteiger partial charge in [0.05, 0.1) is 18.1 Å². The predicted molar refractivity (Wildman–Crippen MR) is 58.1 cm³/mol. The van der Waals surface area contributed by atoms with Gasteiger partial charge in [-0.15, -0.1) is 0 Å². The van der Waals surface area contributed by atoms with Gasteiger partial charge in [0.1, 0.15) is 0 Å². The molecule has 0 unspecified atom stereocenters. The molecule has 0 saturated heterocycles. The zero-order valence-electron chi connectivity index (χ0n) is 7.96. The lowest BCUT2D eigenvalue weighted by molar-refractivity contribution is -0.117. The van der Waals surface area contributed by atoms with Crippen LogP contribution in [0.15, 0.2) is 18.2 Å². The maximum atomic E-state index is 10.4. The summed E-state index contributed by atoms with van der Waals surface area (Å²) in [6.07, 6.45) is -0.000316. The van der Waals surface area contributed by atoms with Gasteiger partial charge in [0.25, 0.3) is 0 Å². The van der Waals surface area contributed by atoms with Crippen LogP contribution in [0.1, 0.15) is 17.5 Å². The van der Waals surface area contributed by atoms with Crippen molar-refractivity contribution in [3.05, 3.63) is 34.3 Å². The number of halogens is 1. The number of aliphatic hydroxyl groups excluding tert-OH is 1. The van der Waals surface area contributed by atoms with E-state index in [1.165, 1.54) is 0 Å². The third kappa shape index (κ3) is 3.62. The number of rotatable bonds is 2. The molecule has 3 N–H and O–H groups in total. The van der Waals surface area contributed by atoms with Crippen molar-refractivity contribution in [1.29, 1.82) is 0 Å². The van der Waals surface area contributed by atoms with E-state index in [1.54, 1.807) is 18.2 Å². The molecule has 1 rings (SSSR count). The normalized spacial score (nSPS) is 9.20. The van der Waals surface area contributed by atoms with Gasteiger partial charge in [0.2, 0.25) is 5.91 Å². The third-order valence-electron chi connectivity index (χ3n) is 1.70. The highest BCUT2D eigenvalue weighted by atomic mass is 35.5. The van der Waals surface area contributed by atoms with Gasteiger partial charge in [-0.3, -0.25) is 4.79 Å². The molecule has 3 nitrogen and oxygen atoms in total. The highest BCUT2D eigenvalue weighted by Crippen LogP contribution is 2.16. The first-order valence-corrected chi connectivity index (χ1v) is 4.67. The third-order valence-corrected chi connectivity index (χ3v) is 2.03. The van der Waals surface area contributed by atoms with Gasteiger partial charge in [-0.1, -0.05) is 29.5 Å². The second-order valence-corrected chi connectivity index (χ2v) is 3.32. The fourth-order valence-electron chi connectivity index (χ4n) is 0.993. The van der Waals surface area contributed by atoms with E-state index in [2.05, 4.69) is 11.8 Å². The quantitative estimate of drug-likeness (QED) is 0.737. The van der Waals surface area contributed by atoms with Crippen LogP contribution in [-0.2, 0) is 11.4 Å². The Balaban J connectivity index is 2.91. The first-order chi connectivity index (χ1) is 7.13. The lowest BCUT2D eigenvalue weighted by atomic mass is 10.1. The first kappa shape index (κ1) is 11.6. The van der Waals surface area contributed by atoms with E-state index in [0.717, 1.165) is 5.56 Å². The summed E-state index contributed by atoms with van der Waals surface area (Å²) in [5.74, 6) is 4.85. The lowest BCUT2D eigenvalue weighted by Gasteiger charge is -1.99. The van der Waals surface area contributed by atoms with Gasteiger partial charge >= 0.3 is 0 Å². The molecule has 1 aromatic carbocycles. The number of primary amides is 1. The molecule has 78 valence electrons. The molecule has 0 aliphatic rings. The molecule has 0 spiro atoms. The Bertz CT molecular complexity index is 432. The maximum Gasteiger partial charge on any atom is 0.229 e. The molecular weight excluding hydrogens is 214 g/mol. The first-order valence-electron chi connectivity index (χ1n) is 4.30. The topological polar surface area (TPSA) is 63.3 Å². The second kappa shape index (κ2) is 5.40. The van der Waals surface area contributed by atoms with Crippen molar-refractivity contribution in [3.8, 4) is 11.8 Å². The summed E-state index contributed by atoms with van der Waals surface area (Å²) >= 11 is 5.87. The van der Waals surface area contributed by atoms with Gasteiger partial charge in [-0.25, -0.2) is 0 Å². The van der Waals surface area contributed by atoms with Crippen LogP contribution in [0, 0.1) is 11.8 Å². The minimum atomic E-state index is -0.475. The molecule has 0 aromatic heterocycles. The Morgan fingerprint density at radius 1 is 1.53 bits per heavy atom. The Hall–Kier alpha value is -1.50. The summed E-state index contributed by atoms with van der Waals surface area (Å²) < 4.78 is 0. The van der Waals surface area contributed by atoms with Crippen molar-refractivity contribution in [2.75, 3.05) is 0 Å². The molecule has 0 atom stereocenters. The van der Waals surface area contributed by atoms with E-state index in [-0.39, 0.29) is 13.0 Å². The molecule has 15 heavy (non-hydrogen) atoms. The van der Waals surface area contributed by atoms with E-state index < -0.39 is 5.91 Å². The molecular formula is C11H10ClNO2. The summed E-state index contributed by atoms with van der Waals surface area (Å²) in [5, 5.41) is 9.39. The number of amides is 1.